The Kier molecular flexibility index (Phi) is 2.66. The van der Waals surface area contributed by atoms with E-state index in [4.69, 9.17) is 0 Å². The molecule has 4 nitrogen and oxygen atoms in total. The predicted molar refractivity (Wildman–Crippen MR) is 70.7 cm³/mol. The molecule has 1 N–H and O–H groups in total. The van der Waals surface area contributed by atoms with E-state index in [1.54, 1.807) is 12.1 Å². The maximum atomic E-state index is 12.4. The van der Waals surface area contributed by atoms with Crippen molar-refractivity contribution in [2.45, 2.75) is 19.8 Å². The number of nitrogens with zero attached hydrogens (tertiary/aromatic N) is 1. The second-order valence-electron chi connectivity index (χ2n) is 5.16. The van der Waals surface area contributed by atoms with Gasteiger partial charge in [-0.15, -0.1) is 0 Å². The molecule has 2 atom stereocenters. The number of benzene rings is 1. The molecule has 1 aromatic carbocycles. The average Bonchev–Trinajstić information content (AvgIpc) is 2.66. The number of carbonyl (C=O) groups excluding carboxylic acids is 2. The third kappa shape index (κ3) is 1.75. The lowest BCUT2D eigenvalue weighted by Gasteiger charge is -2.16. The molecule has 0 spiro atoms. The van der Waals surface area contributed by atoms with Gasteiger partial charge in [-0.3, -0.25) is 9.59 Å². The third-order valence-electron chi connectivity index (χ3n) is 3.88. The van der Waals surface area contributed by atoms with Gasteiger partial charge in [0.05, 0.1) is 17.5 Å². The summed E-state index contributed by atoms with van der Waals surface area (Å²) in [5.41, 5.74) is 1.21. The molecule has 1 aromatic rings. The largest absolute Gasteiger partial charge is 0.506 e. The Morgan fingerprint density at radius 3 is 2.26 bits per heavy atom. The first-order chi connectivity index (χ1) is 9.09. The van der Waals surface area contributed by atoms with Crippen molar-refractivity contribution in [2.24, 2.45) is 11.8 Å². The van der Waals surface area contributed by atoms with Gasteiger partial charge < -0.3 is 5.11 Å². The van der Waals surface area contributed by atoms with E-state index in [1.807, 2.05) is 19.1 Å². The Labute approximate surface area is 111 Å². The highest BCUT2D eigenvalue weighted by Crippen LogP contribution is 2.40. The van der Waals surface area contributed by atoms with Crippen LogP contribution < -0.4 is 4.90 Å². The van der Waals surface area contributed by atoms with Crippen LogP contribution in [0.4, 0.5) is 5.69 Å². The molecule has 98 valence electrons. The van der Waals surface area contributed by atoms with Gasteiger partial charge in [-0.05, 0) is 37.5 Å². The molecule has 1 aliphatic heterocycles. The normalized spacial score (nSPS) is 25.8. The first-order valence-electron chi connectivity index (χ1n) is 6.42. The number of carbonyl (C=O) groups is 2. The highest BCUT2D eigenvalue weighted by Gasteiger charge is 2.48. The lowest BCUT2D eigenvalue weighted by atomic mass is 9.85. The fraction of sp³-hybridized carbons (Fsp3) is 0.333. The molecule has 0 aromatic heterocycles. The Morgan fingerprint density at radius 1 is 1.11 bits per heavy atom. The molecular weight excluding hydrogens is 242 g/mol. The minimum absolute atomic E-state index is 0.0288. The summed E-state index contributed by atoms with van der Waals surface area (Å²) >= 11 is 0. The average molecular weight is 257 g/mol. The van der Waals surface area contributed by atoms with Crippen LogP contribution in [0.1, 0.15) is 18.4 Å². The molecule has 0 bridgehead atoms. The molecule has 1 saturated heterocycles. The van der Waals surface area contributed by atoms with Crippen molar-refractivity contribution in [3.8, 4) is 5.75 Å². The molecule has 0 radical (unpaired) electrons. The van der Waals surface area contributed by atoms with E-state index in [0.717, 1.165) is 10.5 Å². The summed E-state index contributed by atoms with van der Waals surface area (Å²) in [6.07, 6.45) is 5.12. The third-order valence-corrected chi connectivity index (χ3v) is 3.88. The molecule has 4 heteroatoms. The summed E-state index contributed by atoms with van der Waals surface area (Å²) in [6.45, 7) is 1.86. The number of rotatable bonds is 1. The summed E-state index contributed by atoms with van der Waals surface area (Å²) in [6, 6.07) is 4.94. The summed E-state index contributed by atoms with van der Waals surface area (Å²) in [5, 5.41) is 9.90. The van der Waals surface area contributed by atoms with Gasteiger partial charge in [-0.25, -0.2) is 4.90 Å². The quantitative estimate of drug-likeness (QED) is 0.619. The van der Waals surface area contributed by atoms with Crippen LogP contribution in [0, 0.1) is 18.8 Å². The summed E-state index contributed by atoms with van der Waals surface area (Å²) in [4.78, 5) is 25.9. The van der Waals surface area contributed by atoms with Crippen LogP contribution in [-0.4, -0.2) is 16.9 Å². The number of aromatic hydroxyl groups is 1. The minimum Gasteiger partial charge on any atom is -0.506 e. The van der Waals surface area contributed by atoms with Gasteiger partial charge in [-0.1, -0.05) is 18.2 Å². The predicted octanol–water partition coefficient (Wildman–Crippen LogP) is 2.16. The number of phenols is 1. The Hall–Kier alpha value is -2.10. The second-order valence-corrected chi connectivity index (χ2v) is 5.16. The van der Waals surface area contributed by atoms with Gasteiger partial charge in [0.25, 0.3) is 0 Å². The zero-order valence-corrected chi connectivity index (χ0v) is 10.7. The highest BCUT2D eigenvalue weighted by molar-refractivity contribution is 6.22. The number of aryl methyl sites for hydroxylation is 1. The van der Waals surface area contributed by atoms with Crippen LogP contribution in [0.5, 0.6) is 5.75 Å². The van der Waals surface area contributed by atoms with Gasteiger partial charge in [0.15, 0.2) is 0 Å². The van der Waals surface area contributed by atoms with Crippen LogP contribution in [-0.2, 0) is 9.59 Å². The second kappa shape index (κ2) is 4.23. The maximum absolute atomic E-state index is 12.4. The smallest absolute Gasteiger partial charge is 0.238 e. The van der Waals surface area contributed by atoms with E-state index < -0.39 is 0 Å². The highest BCUT2D eigenvalue weighted by atomic mass is 16.3. The molecule has 3 rings (SSSR count). The first kappa shape index (κ1) is 12.0. The van der Waals surface area contributed by atoms with Crippen LogP contribution >= 0.6 is 0 Å². The lowest BCUT2D eigenvalue weighted by Crippen LogP contribution is -2.31. The molecular formula is C15H15NO3. The molecule has 0 saturated carbocycles. The van der Waals surface area contributed by atoms with Crippen molar-refractivity contribution in [1.82, 2.24) is 0 Å². The number of imide groups is 1. The molecule has 0 unspecified atom stereocenters. The van der Waals surface area contributed by atoms with Gasteiger partial charge in [-0.2, -0.15) is 0 Å². The summed E-state index contributed by atoms with van der Waals surface area (Å²) in [5.74, 6) is -0.950. The molecule has 1 heterocycles. The van der Waals surface area contributed by atoms with E-state index in [1.165, 1.54) is 6.07 Å². The standard InChI is InChI=1S/C15H15NO3/c1-9-6-7-13(17)12(8-9)16-14(18)10-4-2-3-5-11(10)15(16)19/h2-3,6-8,10-11,17H,4-5H2,1H3/t10-,11+. The van der Waals surface area contributed by atoms with Crippen molar-refractivity contribution in [3.05, 3.63) is 35.9 Å². The Bertz CT molecular complexity index is 565. The zero-order valence-electron chi connectivity index (χ0n) is 10.7. The fourth-order valence-corrected chi connectivity index (χ4v) is 2.85. The number of phenolic OH excluding ortho intramolecular Hbond substituents is 1. The topological polar surface area (TPSA) is 57.6 Å². The lowest BCUT2D eigenvalue weighted by molar-refractivity contribution is -0.122. The van der Waals surface area contributed by atoms with Gasteiger partial charge >= 0.3 is 0 Å². The van der Waals surface area contributed by atoms with E-state index in [2.05, 4.69) is 0 Å². The first-order valence-corrected chi connectivity index (χ1v) is 6.42. The van der Waals surface area contributed by atoms with Crippen LogP contribution in [0.15, 0.2) is 30.4 Å². The molecule has 19 heavy (non-hydrogen) atoms. The Morgan fingerprint density at radius 2 is 1.68 bits per heavy atom. The van der Waals surface area contributed by atoms with Crippen LogP contribution in [0.2, 0.25) is 0 Å². The number of hydrogen-bond acceptors (Lipinski definition) is 3. The number of amides is 2. The zero-order chi connectivity index (χ0) is 13.6. The SMILES string of the molecule is Cc1ccc(O)c(N2C(=O)[C@H]3CC=CC[C@H]3C2=O)c1. The Balaban J connectivity index is 2.04. The van der Waals surface area contributed by atoms with Gasteiger partial charge in [0.2, 0.25) is 11.8 Å². The van der Waals surface area contributed by atoms with Crippen molar-refractivity contribution < 1.29 is 14.7 Å². The van der Waals surface area contributed by atoms with Crippen molar-refractivity contribution in [2.75, 3.05) is 4.90 Å². The molecule has 2 aliphatic rings. The molecule has 1 fully saturated rings. The van der Waals surface area contributed by atoms with E-state index >= 15 is 0 Å². The molecule has 2 amide bonds. The monoisotopic (exact) mass is 257 g/mol. The fourth-order valence-electron chi connectivity index (χ4n) is 2.85. The summed E-state index contributed by atoms with van der Waals surface area (Å²) < 4.78 is 0. The van der Waals surface area contributed by atoms with E-state index in [0.29, 0.717) is 18.5 Å². The van der Waals surface area contributed by atoms with Crippen molar-refractivity contribution >= 4 is 17.5 Å². The number of fused-ring (bicyclic) bond motifs is 1. The van der Waals surface area contributed by atoms with Gasteiger partial charge in [0, 0.05) is 0 Å². The minimum atomic E-state index is -0.266. The van der Waals surface area contributed by atoms with E-state index in [-0.39, 0.29) is 29.4 Å². The van der Waals surface area contributed by atoms with Crippen molar-refractivity contribution in [3.63, 3.8) is 0 Å². The van der Waals surface area contributed by atoms with E-state index in [9.17, 15) is 14.7 Å². The van der Waals surface area contributed by atoms with Crippen LogP contribution in [0.3, 0.4) is 0 Å². The van der Waals surface area contributed by atoms with Crippen molar-refractivity contribution in [1.29, 1.82) is 0 Å². The summed E-state index contributed by atoms with van der Waals surface area (Å²) in [7, 11) is 0. The number of allylic oxidation sites excluding steroid dienone is 2. The van der Waals surface area contributed by atoms with Crippen LogP contribution in [0.25, 0.3) is 0 Å². The number of anilines is 1. The maximum Gasteiger partial charge on any atom is 0.238 e. The van der Waals surface area contributed by atoms with Gasteiger partial charge in [0.1, 0.15) is 5.75 Å². The molecule has 1 aliphatic carbocycles. The number of hydrogen-bond donors (Lipinski definition) is 1.